The van der Waals surface area contributed by atoms with Crippen LogP contribution in [0.15, 0.2) is 197 Å². The molecule has 3 heterocycles. The summed E-state index contributed by atoms with van der Waals surface area (Å²) >= 11 is 0. The molecule has 0 amide bonds. The van der Waals surface area contributed by atoms with Crippen molar-refractivity contribution in [2.75, 3.05) is 4.90 Å². The topological polar surface area (TPSA) is 47.3 Å². The van der Waals surface area contributed by atoms with Crippen LogP contribution in [0.3, 0.4) is 0 Å². The third kappa shape index (κ3) is 4.76. The molecular formula is C49H31N3O2. The highest BCUT2D eigenvalue weighted by molar-refractivity contribution is 6.18. The van der Waals surface area contributed by atoms with E-state index >= 15 is 0 Å². The number of benzene rings is 8. The largest absolute Gasteiger partial charge is 0.456 e. The molecule has 8 aromatic carbocycles. The maximum Gasteiger partial charge on any atom is 0.227 e. The Morgan fingerprint density at radius 3 is 1.89 bits per heavy atom. The van der Waals surface area contributed by atoms with Crippen LogP contribution in [0.1, 0.15) is 0 Å². The Hall–Kier alpha value is -7.37. The number of nitrogens with zero attached hydrogens (tertiary/aromatic N) is 3. The lowest BCUT2D eigenvalue weighted by Crippen LogP contribution is -2.11. The maximum atomic E-state index is 6.63. The average Bonchev–Trinajstić information content (AvgIpc) is 3.94. The number of oxazole rings is 1. The molecule has 3 aromatic heterocycles. The van der Waals surface area contributed by atoms with Gasteiger partial charge < -0.3 is 18.3 Å². The predicted octanol–water partition coefficient (Wildman–Crippen LogP) is 13.6. The van der Waals surface area contributed by atoms with Gasteiger partial charge in [-0.2, -0.15) is 0 Å². The monoisotopic (exact) mass is 693 g/mol. The Balaban J connectivity index is 1.15. The normalized spacial score (nSPS) is 11.7. The zero-order valence-corrected chi connectivity index (χ0v) is 29.1. The highest BCUT2D eigenvalue weighted by Crippen LogP contribution is 2.45. The van der Waals surface area contributed by atoms with E-state index in [4.69, 9.17) is 13.8 Å². The summed E-state index contributed by atoms with van der Waals surface area (Å²) in [5.74, 6) is 0.594. The molecule has 11 aromatic rings. The minimum Gasteiger partial charge on any atom is -0.456 e. The molecule has 0 spiro atoms. The van der Waals surface area contributed by atoms with Crippen molar-refractivity contribution in [3.8, 4) is 28.3 Å². The summed E-state index contributed by atoms with van der Waals surface area (Å²) in [5, 5.41) is 4.33. The smallest absolute Gasteiger partial charge is 0.227 e. The van der Waals surface area contributed by atoms with Crippen LogP contribution in [0, 0.1) is 0 Å². The highest BCUT2D eigenvalue weighted by atomic mass is 16.4. The SMILES string of the molecule is c1ccc(-c2ccc(N(c3ccc4c(c3)oc3ccc5oc(-c6ccccc6)nc5c34)c3cccc4c5ccccc5n(-c5ccccc5)c34)cc2)cc1. The summed E-state index contributed by atoms with van der Waals surface area (Å²) in [6, 6.07) is 65.7. The van der Waals surface area contributed by atoms with E-state index in [0.717, 1.165) is 77.9 Å². The van der Waals surface area contributed by atoms with Crippen molar-refractivity contribution in [3.63, 3.8) is 0 Å². The van der Waals surface area contributed by atoms with Crippen molar-refractivity contribution >= 4 is 71.9 Å². The number of hydrogen-bond acceptors (Lipinski definition) is 4. The second-order valence-electron chi connectivity index (χ2n) is 13.6. The standard InChI is InChI=1S/C49H31N3O2/c1-4-13-32(14-5-1)33-23-25-36(26-24-33)51(42-22-12-20-39-38-19-10-11-21-41(38)52(48(39)42)35-17-8-3-9-18-35)37-27-28-40-45(31-37)53-43-29-30-44-47(46(40)43)50-49(54-44)34-15-6-2-7-16-34/h1-31H. The Morgan fingerprint density at radius 2 is 1.09 bits per heavy atom. The van der Waals surface area contributed by atoms with Gasteiger partial charge in [-0.3, -0.25) is 0 Å². The number of fused-ring (bicyclic) bond motifs is 8. The molecule has 0 aliphatic carbocycles. The van der Waals surface area contributed by atoms with Crippen molar-refractivity contribution in [2.24, 2.45) is 0 Å². The summed E-state index contributed by atoms with van der Waals surface area (Å²) < 4.78 is 15.3. The van der Waals surface area contributed by atoms with Gasteiger partial charge in [0.1, 0.15) is 16.7 Å². The molecule has 0 aliphatic rings. The van der Waals surface area contributed by atoms with Crippen LogP contribution in [0.5, 0.6) is 0 Å². The van der Waals surface area contributed by atoms with Crippen molar-refractivity contribution < 1.29 is 8.83 Å². The second kappa shape index (κ2) is 12.1. The zero-order chi connectivity index (χ0) is 35.6. The van der Waals surface area contributed by atoms with E-state index in [1.807, 2.05) is 42.5 Å². The molecular weight excluding hydrogens is 663 g/mol. The second-order valence-corrected chi connectivity index (χ2v) is 13.6. The van der Waals surface area contributed by atoms with Crippen molar-refractivity contribution in [3.05, 3.63) is 188 Å². The molecule has 0 unspecified atom stereocenters. The van der Waals surface area contributed by atoms with Crippen LogP contribution < -0.4 is 4.90 Å². The lowest BCUT2D eigenvalue weighted by atomic mass is 10.0. The fourth-order valence-electron chi connectivity index (χ4n) is 7.97. The summed E-state index contributed by atoms with van der Waals surface area (Å²) in [7, 11) is 0. The average molecular weight is 694 g/mol. The molecule has 0 fully saturated rings. The van der Waals surface area contributed by atoms with Gasteiger partial charge in [-0.25, -0.2) is 4.98 Å². The minimum absolute atomic E-state index is 0.594. The first-order valence-corrected chi connectivity index (χ1v) is 18.1. The van der Waals surface area contributed by atoms with Crippen molar-refractivity contribution in [1.82, 2.24) is 9.55 Å². The number of hydrogen-bond donors (Lipinski definition) is 0. The van der Waals surface area contributed by atoms with E-state index in [1.165, 1.54) is 16.3 Å². The van der Waals surface area contributed by atoms with E-state index in [-0.39, 0.29) is 0 Å². The molecule has 0 bridgehead atoms. The van der Waals surface area contributed by atoms with Crippen LogP contribution in [0.2, 0.25) is 0 Å². The Labute approximate surface area is 310 Å². The Bertz CT molecular complexity index is 3140. The molecule has 0 atom stereocenters. The molecule has 5 heteroatoms. The van der Waals surface area contributed by atoms with E-state index in [1.54, 1.807) is 0 Å². The van der Waals surface area contributed by atoms with E-state index in [0.29, 0.717) is 5.89 Å². The van der Waals surface area contributed by atoms with Crippen LogP contribution in [-0.4, -0.2) is 9.55 Å². The van der Waals surface area contributed by atoms with Gasteiger partial charge in [0, 0.05) is 44.9 Å². The molecule has 0 saturated carbocycles. The molecule has 254 valence electrons. The van der Waals surface area contributed by atoms with Gasteiger partial charge in [-0.05, 0) is 83.9 Å². The molecule has 0 N–H and O–H groups in total. The number of furan rings is 1. The van der Waals surface area contributed by atoms with Crippen LogP contribution in [0.25, 0.3) is 83.1 Å². The van der Waals surface area contributed by atoms with E-state index in [9.17, 15) is 0 Å². The first-order valence-electron chi connectivity index (χ1n) is 18.1. The Kier molecular flexibility index (Phi) is 6.79. The summed E-state index contributed by atoms with van der Waals surface area (Å²) in [6.45, 7) is 0. The fourth-order valence-corrected chi connectivity index (χ4v) is 7.97. The van der Waals surface area contributed by atoms with E-state index in [2.05, 4.69) is 155 Å². The Morgan fingerprint density at radius 1 is 0.444 bits per heavy atom. The number of anilines is 3. The fraction of sp³-hybridized carbons (Fsp3) is 0. The quantitative estimate of drug-likeness (QED) is 0.174. The molecule has 11 rings (SSSR count). The first-order chi connectivity index (χ1) is 26.8. The summed E-state index contributed by atoms with van der Waals surface area (Å²) in [4.78, 5) is 7.32. The molecule has 54 heavy (non-hydrogen) atoms. The summed E-state index contributed by atoms with van der Waals surface area (Å²) in [5.41, 5.74) is 12.8. The van der Waals surface area contributed by atoms with Gasteiger partial charge in [-0.15, -0.1) is 0 Å². The third-order valence-corrected chi connectivity index (χ3v) is 10.4. The third-order valence-electron chi connectivity index (χ3n) is 10.4. The van der Waals surface area contributed by atoms with Gasteiger partial charge in [0.15, 0.2) is 5.58 Å². The predicted molar refractivity (Wildman–Crippen MR) is 221 cm³/mol. The molecule has 0 aliphatic heterocycles. The van der Waals surface area contributed by atoms with Gasteiger partial charge in [-0.1, -0.05) is 109 Å². The molecule has 0 radical (unpaired) electrons. The van der Waals surface area contributed by atoms with Crippen molar-refractivity contribution in [1.29, 1.82) is 0 Å². The minimum atomic E-state index is 0.594. The highest BCUT2D eigenvalue weighted by Gasteiger charge is 2.23. The van der Waals surface area contributed by atoms with Crippen LogP contribution in [0.4, 0.5) is 17.1 Å². The van der Waals surface area contributed by atoms with E-state index < -0.39 is 0 Å². The zero-order valence-electron chi connectivity index (χ0n) is 29.1. The number of rotatable bonds is 6. The van der Waals surface area contributed by atoms with Gasteiger partial charge in [0.25, 0.3) is 0 Å². The lowest BCUT2D eigenvalue weighted by molar-refractivity contribution is 0.619. The maximum absolute atomic E-state index is 6.63. The number of aromatic nitrogens is 2. The van der Waals surface area contributed by atoms with Crippen LogP contribution in [-0.2, 0) is 0 Å². The van der Waals surface area contributed by atoms with Gasteiger partial charge in [0.05, 0.1) is 22.1 Å². The van der Waals surface area contributed by atoms with Crippen LogP contribution >= 0.6 is 0 Å². The number of para-hydroxylation sites is 3. The lowest BCUT2D eigenvalue weighted by Gasteiger charge is -2.27. The van der Waals surface area contributed by atoms with Gasteiger partial charge >= 0.3 is 0 Å². The van der Waals surface area contributed by atoms with Gasteiger partial charge in [0.2, 0.25) is 5.89 Å². The molecule has 5 nitrogen and oxygen atoms in total. The first kappa shape index (κ1) is 30.3. The summed E-state index contributed by atoms with van der Waals surface area (Å²) in [6.07, 6.45) is 0. The van der Waals surface area contributed by atoms with Crippen molar-refractivity contribution in [2.45, 2.75) is 0 Å². The molecule has 0 saturated heterocycles.